The van der Waals surface area contributed by atoms with E-state index in [4.69, 9.17) is 4.74 Å². The van der Waals surface area contributed by atoms with Gasteiger partial charge in [-0.25, -0.2) is 0 Å². The van der Waals surface area contributed by atoms with Crippen LogP contribution in [0.5, 0.6) is 0 Å². The van der Waals surface area contributed by atoms with Crippen LogP contribution < -0.4 is 5.32 Å². The zero-order valence-electron chi connectivity index (χ0n) is 11.5. The van der Waals surface area contributed by atoms with E-state index in [9.17, 15) is 13.2 Å². The van der Waals surface area contributed by atoms with Crippen molar-refractivity contribution in [2.24, 2.45) is 0 Å². The second-order valence-corrected chi connectivity index (χ2v) is 4.92. The Labute approximate surface area is 112 Å². The normalized spacial score (nSPS) is 21.8. The van der Waals surface area contributed by atoms with Crippen LogP contribution in [-0.4, -0.2) is 44.7 Å². The van der Waals surface area contributed by atoms with Crippen molar-refractivity contribution in [2.75, 3.05) is 26.4 Å². The molecule has 1 aliphatic rings. The number of nitrogens with one attached hydrogen (secondary N) is 1. The Balaban J connectivity index is 2.12. The summed E-state index contributed by atoms with van der Waals surface area (Å²) in [5.74, 6) is 0. The van der Waals surface area contributed by atoms with Crippen molar-refractivity contribution in [3.8, 4) is 0 Å². The summed E-state index contributed by atoms with van der Waals surface area (Å²) in [7, 11) is 0. The molecular formula is C13H24F3NO2. The molecule has 0 spiro atoms. The molecule has 2 atom stereocenters. The average molecular weight is 283 g/mol. The molecule has 0 aliphatic carbocycles. The molecule has 1 fully saturated rings. The Morgan fingerprint density at radius 3 is 2.74 bits per heavy atom. The smallest absolute Gasteiger partial charge is 0.378 e. The van der Waals surface area contributed by atoms with E-state index in [0.717, 1.165) is 38.8 Å². The molecule has 6 heteroatoms. The van der Waals surface area contributed by atoms with Crippen molar-refractivity contribution < 1.29 is 22.6 Å². The van der Waals surface area contributed by atoms with Crippen molar-refractivity contribution in [1.29, 1.82) is 0 Å². The van der Waals surface area contributed by atoms with Crippen molar-refractivity contribution in [3.05, 3.63) is 0 Å². The van der Waals surface area contributed by atoms with Crippen molar-refractivity contribution in [2.45, 2.75) is 57.3 Å². The van der Waals surface area contributed by atoms with E-state index in [2.05, 4.69) is 10.1 Å². The number of halogens is 3. The molecule has 114 valence electrons. The van der Waals surface area contributed by atoms with Crippen LogP contribution in [0.4, 0.5) is 13.2 Å². The Kier molecular flexibility index (Phi) is 7.71. The topological polar surface area (TPSA) is 30.5 Å². The van der Waals surface area contributed by atoms with Crippen molar-refractivity contribution >= 4 is 0 Å². The third kappa shape index (κ3) is 8.44. The molecule has 1 rings (SSSR count). The van der Waals surface area contributed by atoms with Gasteiger partial charge in [-0.2, -0.15) is 13.2 Å². The minimum Gasteiger partial charge on any atom is -0.378 e. The van der Waals surface area contributed by atoms with Crippen LogP contribution in [0.2, 0.25) is 0 Å². The SMILES string of the molecule is CCNC(CCOCC(F)(F)F)CCC1CCCO1. The number of hydrogen-bond donors (Lipinski definition) is 1. The number of rotatable bonds is 9. The minimum atomic E-state index is -4.23. The lowest BCUT2D eigenvalue weighted by atomic mass is 10.0. The second kappa shape index (κ2) is 8.76. The predicted octanol–water partition coefficient (Wildman–Crippen LogP) is 2.89. The quantitative estimate of drug-likeness (QED) is 0.660. The van der Waals surface area contributed by atoms with Gasteiger partial charge in [0.25, 0.3) is 0 Å². The fraction of sp³-hybridized carbons (Fsp3) is 1.00. The van der Waals surface area contributed by atoms with Gasteiger partial charge in [-0.15, -0.1) is 0 Å². The third-order valence-corrected chi connectivity index (χ3v) is 3.23. The van der Waals surface area contributed by atoms with E-state index in [1.54, 1.807) is 0 Å². The first-order valence-corrected chi connectivity index (χ1v) is 7.00. The van der Waals surface area contributed by atoms with E-state index in [1.165, 1.54) is 0 Å². The highest BCUT2D eigenvalue weighted by molar-refractivity contribution is 4.72. The second-order valence-electron chi connectivity index (χ2n) is 4.92. The van der Waals surface area contributed by atoms with Gasteiger partial charge in [0, 0.05) is 19.3 Å². The Bertz CT molecular complexity index is 230. The first-order valence-electron chi connectivity index (χ1n) is 7.00. The summed E-state index contributed by atoms with van der Waals surface area (Å²) in [6, 6.07) is 0.211. The maximum atomic E-state index is 11.9. The predicted molar refractivity (Wildman–Crippen MR) is 67.2 cm³/mol. The minimum absolute atomic E-state index is 0.142. The molecule has 0 aromatic rings. The van der Waals surface area contributed by atoms with Crippen molar-refractivity contribution in [1.82, 2.24) is 5.32 Å². The van der Waals surface area contributed by atoms with Gasteiger partial charge in [0.05, 0.1) is 6.10 Å². The first kappa shape index (κ1) is 16.7. The molecule has 1 saturated heterocycles. The first-order chi connectivity index (χ1) is 9.01. The zero-order valence-corrected chi connectivity index (χ0v) is 11.5. The van der Waals surface area contributed by atoms with Crippen molar-refractivity contribution in [3.63, 3.8) is 0 Å². The molecule has 0 saturated carbocycles. The zero-order chi connectivity index (χ0) is 14.1. The van der Waals surface area contributed by atoms with Crippen LogP contribution in [0.15, 0.2) is 0 Å². The fourth-order valence-corrected chi connectivity index (χ4v) is 2.31. The third-order valence-electron chi connectivity index (χ3n) is 3.23. The molecular weight excluding hydrogens is 259 g/mol. The van der Waals surface area contributed by atoms with Gasteiger partial charge in [0.1, 0.15) is 6.61 Å². The standard InChI is InChI=1S/C13H24F3NO2/c1-2-17-11(5-6-12-4-3-8-19-12)7-9-18-10-13(14,15)16/h11-12,17H,2-10H2,1H3. The maximum Gasteiger partial charge on any atom is 0.411 e. The summed E-state index contributed by atoms with van der Waals surface area (Å²) >= 11 is 0. The highest BCUT2D eigenvalue weighted by Gasteiger charge is 2.27. The Hall–Kier alpha value is -0.330. The summed E-state index contributed by atoms with van der Waals surface area (Å²) in [6.07, 6.45) is 0.818. The molecule has 2 unspecified atom stereocenters. The van der Waals surface area contributed by atoms with Crippen LogP contribution in [0.25, 0.3) is 0 Å². The van der Waals surface area contributed by atoms with Gasteiger partial charge in [-0.1, -0.05) is 6.92 Å². The van der Waals surface area contributed by atoms with E-state index in [1.807, 2.05) is 6.92 Å². The molecule has 0 amide bonds. The largest absolute Gasteiger partial charge is 0.411 e. The molecule has 19 heavy (non-hydrogen) atoms. The Morgan fingerprint density at radius 2 is 2.16 bits per heavy atom. The Morgan fingerprint density at radius 1 is 1.37 bits per heavy atom. The summed E-state index contributed by atoms with van der Waals surface area (Å²) in [4.78, 5) is 0. The summed E-state index contributed by atoms with van der Waals surface area (Å²) < 4.78 is 46.0. The molecule has 0 aromatic carbocycles. The molecule has 0 bridgehead atoms. The number of ether oxygens (including phenoxy) is 2. The van der Waals surface area contributed by atoms with Crippen LogP contribution in [0, 0.1) is 0 Å². The van der Waals surface area contributed by atoms with Gasteiger partial charge in [-0.05, 0) is 38.6 Å². The summed E-state index contributed by atoms with van der Waals surface area (Å²) in [5, 5.41) is 3.29. The van der Waals surface area contributed by atoms with E-state index in [-0.39, 0.29) is 12.6 Å². The lowest BCUT2D eigenvalue weighted by Crippen LogP contribution is -2.31. The lowest BCUT2D eigenvalue weighted by Gasteiger charge is -2.20. The number of hydrogen-bond acceptors (Lipinski definition) is 3. The van der Waals surface area contributed by atoms with Crippen LogP contribution in [0.1, 0.15) is 39.0 Å². The molecule has 1 N–H and O–H groups in total. The van der Waals surface area contributed by atoms with Gasteiger partial charge in [0.15, 0.2) is 0 Å². The van der Waals surface area contributed by atoms with Gasteiger partial charge in [-0.3, -0.25) is 0 Å². The molecule has 1 aliphatic heterocycles. The molecule has 0 aromatic heterocycles. The maximum absolute atomic E-state index is 11.9. The van der Waals surface area contributed by atoms with Gasteiger partial charge in [0.2, 0.25) is 0 Å². The fourth-order valence-electron chi connectivity index (χ4n) is 2.31. The van der Waals surface area contributed by atoms with E-state index >= 15 is 0 Å². The molecule has 3 nitrogen and oxygen atoms in total. The van der Waals surface area contributed by atoms with Gasteiger partial charge >= 0.3 is 6.18 Å². The van der Waals surface area contributed by atoms with E-state index < -0.39 is 12.8 Å². The van der Waals surface area contributed by atoms with Crippen LogP contribution in [0.3, 0.4) is 0 Å². The van der Waals surface area contributed by atoms with Crippen LogP contribution in [-0.2, 0) is 9.47 Å². The average Bonchev–Trinajstić information content (AvgIpc) is 2.83. The summed E-state index contributed by atoms with van der Waals surface area (Å²) in [5.41, 5.74) is 0. The monoisotopic (exact) mass is 283 g/mol. The van der Waals surface area contributed by atoms with E-state index in [0.29, 0.717) is 12.5 Å². The van der Waals surface area contributed by atoms with Crippen LogP contribution >= 0.6 is 0 Å². The summed E-state index contributed by atoms with van der Waals surface area (Å²) in [6.45, 7) is 2.64. The lowest BCUT2D eigenvalue weighted by molar-refractivity contribution is -0.174. The number of alkyl halides is 3. The van der Waals surface area contributed by atoms with Gasteiger partial charge < -0.3 is 14.8 Å². The molecule has 0 radical (unpaired) electrons. The highest BCUT2D eigenvalue weighted by atomic mass is 19.4. The highest BCUT2D eigenvalue weighted by Crippen LogP contribution is 2.19. The molecule has 1 heterocycles.